The molecule has 0 radical (unpaired) electrons. The smallest absolute Gasteiger partial charge is 0.234 e. The van der Waals surface area contributed by atoms with Crippen LogP contribution in [0, 0.1) is 5.41 Å². The highest BCUT2D eigenvalue weighted by Crippen LogP contribution is 2.26. The van der Waals surface area contributed by atoms with E-state index in [2.05, 4.69) is 5.32 Å². The van der Waals surface area contributed by atoms with E-state index in [0.29, 0.717) is 24.7 Å². The third kappa shape index (κ3) is 4.98. The van der Waals surface area contributed by atoms with Crippen LogP contribution in [0.25, 0.3) is 0 Å². The van der Waals surface area contributed by atoms with E-state index in [1.807, 2.05) is 6.92 Å². The average molecular weight is 346 g/mol. The fourth-order valence-corrected chi connectivity index (χ4v) is 2.52. The highest BCUT2D eigenvalue weighted by molar-refractivity contribution is 5.90. The zero-order chi connectivity index (χ0) is 19.1. The summed E-state index contributed by atoms with van der Waals surface area (Å²) in [5, 5.41) is 2.67. The lowest BCUT2D eigenvalue weighted by Crippen LogP contribution is -2.50. The Morgan fingerprint density at radius 2 is 1.76 bits per heavy atom. The molecule has 6 nitrogen and oxygen atoms in total. The van der Waals surface area contributed by atoms with Crippen LogP contribution in [0.2, 0.25) is 0 Å². The first kappa shape index (κ1) is 20.5. The van der Waals surface area contributed by atoms with Gasteiger partial charge in [-0.25, -0.2) is 0 Å². The highest BCUT2D eigenvalue weighted by Gasteiger charge is 2.36. The Hall–Kier alpha value is -2.50. The summed E-state index contributed by atoms with van der Waals surface area (Å²) in [4.78, 5) is 48.5. The van der Waals surface area contributed by atoms with Gasteiger partial charge in [-0.1, -0.05) is 51.1 Å². The minimum Gasteiger partial charge on any atom is -0.340 e. The number of benzene rings is 1. The molecule has 0 heterocycles. The van der Waals surface area contributed by atoms with Crippen molar-refractivity contribution < 1.29 is 19.2 Å². The van der Waals surface area contributed by atoms with Crippen LogP contribution in [0.15, 0.2) is 30.3 Å². The highest BCUT2D eigenvalue weighted by atomic mass is 16.2. The van der Waals surface area contributed by atoms with Crippen molar-refractivity contribution in [1.29, 1.82) is 0 Å². The number of carbonyl (C=O) groups excluding carboxylic acids is 4. The van der Waals surface area contributed by atoms with E-state index >= 15 is 0 Å². The Morgan fingerprint density at radius 1 is 1.16 bits per heavy atom. The van der Waals surface area contributed by atoms with Crippen molar-refractivity contribution in [3.05, 3.63) is 35.9 Å². The van der Waals surface area contributed by atoms with Gasteiger partial charge in [0.25, 0.3) is 0 Å². The maximum atomic E-state index is 12.5. The summed E-state index contributed by atoms with van der Waals surface area (Å²) in [6, 6.07) is 8.79. The molecule has 1 N–H and O–H groups in total. The average Bonchev–Trinajstić information content (AvgIpc) is 2.61. The normalized spacial score (nSPS) is 13.4. The van der Waals surface area contributed by atoms with E-state index in [-0.39, 0.29) is 24.8 Å². The van der Waals surface area contributed by atoms with Crippen LogP contribution in [-0.4, -0.2) is 36.0 Å². The van der Waals surface area contributed by atoms with E-state index in [1.54, 1.807) is 44.2 Å². The summed E-state index contributed by atoms with van der Waals surface area (Å²) in [5.74, 6) is -0.672. The first-order valence-corrected chi connectivity index (χ1v) is 8.29. The number of hydrogen-bond donors (Lipinski definition) is 1. The minimum atomic E-state index is -1.29. The standard InChI is InChI=1S/C19H26N2O4/c1-5-18(3,4)17(25)21(14-23)12-11-19(13-22,20-15(2)24)16-9-7-6-8-10-16/h6-10,13-14H,5,11-12H2,1-4H3,(H,20,24). The van der Waals surface area contributed by atoms with Gasteiger partial charge in [0.1, 0.15) is 11.8 Å². The lowest BCUT2D eigenvalue weighted by Gasteiger charge is -2.33. The fourth-order valence-electron chi connectivity index (χ4n) is 2.52. The molecule has 3 amide bonds. The number of aldehydes is 1. The van der Waals surface area contributed by atoms with Gasteiger partial charge in [-0.2, -0.15) is 0 Å². The number of nitrogens with one attached hydrogen (secondary N) is 1. The zero-order valence-electron chi connectivity index (χ0n) is 15.2. The van der Waals surface area contributed by atoms with Crippen LogP contribution in [0.1, 0.15) is 46.1 Å². The second-order valence-electron chi connectivity index (χ2n) is 6.73. The molecule has 0 aliphatic heterocycles. The molecule has 25 heavy (non-hydrogen) atoms. The molecular weight excluding hydrogens is 320 g/mol. The Kier molecular flexibility index (Phi) is 7.03. The molecule has 1 aromatic carbocycles. The van der Waals surface area contributed by atoms with Crippen molar-refractivity contribution in [2.45, 2.75) is 46.1 Å². The summed E-state index contributed by atoms with van der Waals surface area (Å²) in [5.41, 5.74) is -1.36. The molecule has 0 spiro atoms. The van der Waals surface area contributed by atoms with Gasteiger partial charge >= 0.3 is 0 Å². The Balaban J connectivity index is 3.10. The number of rotatable bonds is 9. The van der Waals surface area contributed by atoms with Crippen LogP contribution < -0.4 is 5.32 Å². The van der Waals surface area contributed by atoms with Crippen LogP contribution in [-0.2, 0) is 24.7 Å². The van der Waals surface area contributed by atoms with E-state index in [4.69, 9.17) is 0 Å². The predicted octanol–water partition coefficient (Wildman–Crippen LogP) is 2.03. The van der Waals surface area contributed by atoms with Crippen LogP contribution >= 0.6 is 0 Å². The van der Waals surface area contributed by atoms with E-state index < -0.39 is 11.0 Å². The summed E-state index contributed by atoms with van der Waals surface area (Å²) in [6.07, 6.45) is 1.82. The van der Waals surface area contributed by atoms with Gasteiger partial charge in [-0.3, -0.25) is 19.3 Å². The van der Waals surface area contributed by atoms with Crippen LogP contribution in [0.5, 0.6) is 0 Å². The van der Waals surface area contributed by atoms with Gasteiger partial charge < -0.3 is 10.1 Å². The van der Waals surface area contributed by atoms with E-state index in [1.165, 1.54) is 6.92 Å². The summed E-state index contributed by atoms with van der Waals surface area (Å²) in [6.45, 7) is 6.76. The first-order valence-electron chi connectivity index (χ1n) is 8.29. The maximum Gasteiger partial charge on any atom is 0.234 e. The molecule has 136 valence electrons. The molecule has 1 unspecified atom stereocenters. The molecule has 0 bridgehead atoms. The summed E-state index contributed by atoms with van der Waals surface area (Å²) < 4.78 is 0. The third-order valence-corrected chi connectivity index (χ3v) is 4.49. The molecule has 0 aliphatic rings. The lowest BCUT2D eigenvalue weighted by atomic mass is 9.86. The van der Waals surface area contributed by atoms with Crippen molar-refractivity contribution in [3.63, 3.8) is 0 Å². The van der Waals surface area contributed by atoms with Crippen LogP contribution in [0.4, 0.5) is 0 Å². The van der Waals surface area contributed by atoms with E-state index in [0.717, 1.165) is 4.90 Å². The summed E-state index contributed by atoms with van der Waals surface area (Å²) >= 11 is 0. The van der Waals surface area contributed by atoms with Gasteiger partial charge in [0, 0.05) is 18.9 Å². The van der Waals surface area contributed by atoms with E-state index in [9.17, 15) is 19.2 Å². The van der Waals surface area contributed by atoms with Crippen molar-refractivity contribution in [3.8, 4) is 0 Å². The molecule has 1 aromatic rings. The number of imide groups is 1. The number of carbonyl (C=O) groups is 4. The molecule has 1 rings (SSSR count). The number of hydrogen-bond acceptors (Lipinski definition) is 4. The molecule has 1 atom stereocenters. The second kappa shape index (κ2) is 8.55. The number of amides is 3. The Bertz CT molecular complexity index is 628. The van der Waals surface area contributed by atoms with Crippen LogP contribution in [0.3, 0.4) is 0 Å². The maximum absolute atomic E-state index is 12.5. The monoisotopic (exact) mass is 346 g/mol. The second-order valence-corrected chi connectivity index (χ2v) is 6.73. The van der Waals surface area contributed by atoms with Crippen molar-refractivity contribution in [1.82, 2.24) is 10.2 Å². The topological polar surface area (TPSA) is 83.6 Å². The fraction of sp³-hybridized carbons (Fsp3) is 0.474. The summed E-state index contributed by atoms with van der Waals surface area (Å²) in [7, 11) is 0. The van der Waals surface area contributed by atoms with Gasteiger partial charge in [-0.15, -0.1) is 0 Å². The number of nitrogens with zero attached hydrogens (tertiary/aromatic N) is 1. The van der Waals surface area contributed by atoms with Gasteiger partial charge in [0.2, 0.25) is 18.2 Å². The quantitative estimate of drug-likeness (QED) is 0.694. The van der Waals surface area contributed by atoms with Gasteiger partial charge in [0.15, 0.2) is 0 Å². The third-order valence-electron chi connectivity index (χ3n) is 4.49. The Morgan fingerprint density at radius 3 is 2.20 bits per heavy atom. The van der Waals surface area contributed by atoms with Crippen molar-refractivity contribution in [2.75, 3.05) is 6.54 Å². The predicted molar refractivity (Wildman–Crippen MR) is 94.5 cm³/mol. The SMILES string of the molecule is CCC(C)(C)C(=O)N(C=O)CCC(C=O)(NC(C)=O)c1ccccc1. The van der Waals surface area contributed by atoms with Crippen molar-refractivity contribution in [2.24, 2.45) is 5.41 Å². The molecule has 0 saturated heterocycles. The molecule has 0 aliphatic carbocycles. The Labute approximate surface area is 148 Å². The minimum absolute atomic E-state index is 0.0275. The molecule has 0 fully saturated rings. The van der Waals surface area contributed by atoms with Gasteiger partial charge in [-0.05, 0) is 18.4 Å². The first-order chi connectivity index (χ1) is 11.7. The van der Waals surface area contributed by atoms with Gasteiger partial charge in [0.05, 0.1) is 0 Å². The zero-order valence-corrected chi connectivity index (χ0v) is 15.2. The molecular formula is C19H26N2O4. The largest absolute Gasteiger partial charge is 0.340 e. The lowest BCUT2D eigenvalue weighted by molar-refractivity contribution is -0.146. The molecule has 6 heteroatoms. The van der Waals surface area contributed by atoms with Crippen molar-refractivity contribution >= 4 is 24.5 Å². The molecule has 0 saturated carbocycles. The molecule has 0 aromatic heterocycles.